The van der Waals surface area contributed by atoms with E-state index in [9.17, 15) is 0 Å². The summed E-state index contributed by atoms with van der Waals surface area (Å²) in [5.74, 6) is 0. The van der Waals surface area contributed by atoms with Crippen LogP contribution in [0.25, 0.3) is 0 Å². The van der Waals surface area contributed by atoms with Gasteiger partial charge in [-0.05, 0) is 43.9 Å². The van der Waals surface area contributed by atoms with Crippen molar-refractivity contribution in [3.8, 4) is 0 Å². The second-order valence-corrected chi connectivity index (χ2v) is 4.07. The van der Waals surface area contributed by atoms with Crippen LogP contribution in [0.4, 0.5) is 0 Å². The van der Waals surface area contributed by atoms with Gasteiger partial charge in [0, 0.05) is 6.04 Å². The van der Waals surface area contributed by atoms with Gasteiger partial charge < -0.3 is 5.73 Å². The fourth-order valence-electron chi connectivity index (χ4n) is 1.89. The molecule has 0 aliphatic heterocycles. The van der Waals surface area contributed by atoms with Crippen molar-refractivity contribution in [2.24, 2.45) is 5.73 Å². The molecule has 0 amide bonds. The standard InChI is InChI=1S/C13H19N.ClH/c1-9(2)8-12(14)13-10(3)6-5-7-11(13)4;/h5-7,12H,1,8,14H2,2-4H3;1H/t12-;/m1./s1. The summed E-state index contributed by atoms with van der Waals surface area (Å²) < 4.78 is 0. The number of benzene rings is 1. The first kappa shape index (κ1) is 14.2. The number of aryl methyl sites for hydroxylation is 2. The van der Waals surface area contributed by atoms with Crippen molar-refractivity contribution in [2.75, 3.05) is 0 Å². The SMILES string of the molecule is C=C(C)C[C@@H](N)c1c(C)cccc1C.Cl. The number of hydrogen-bond acceptors (Lipinski definition) is 1. The molecule has 0 heterocycles. The highest BCUT2D eigenvalue weighted by atomic mass is 35.5. The molecule has 0 saturated heterocycles. The van der Waals surface area contributed by atoms with Gasteiger partial charge in [-0.25, -0.2) is 0 Å². The topological polar surface area (TPSA) is 26.0 Å². The van der Waals surface area contributed by atoms with Crippen molar-refractivity contribution in [2.45, 2.75) is 33.2 Å². The maximum absolute atomic E-state index is 6.14. The van der Waals surface area contributed by atoms with Crippen LogP contribution in [-0.2, 0) is 0 Å². The smallest absolute Gasteiger partial charge is 0.0337 e. The van der Waals surface area contributed by atoms with Crippen LogP contribution in [-0.4, -0.2) is 0 Å². The van der Waals surface area contributed by atoms with Crippen molar-refractivity contribution in [1.82, 2.24) is 0 Å². The van der Waals surface area contributed by atoms with E-state index in [1.54, 1.807) is 0 Å². The lowest BCUT2D eigenvalue weighted by Gasteiger charge is -2.17. The summed E-state index contributed by atoms with van der Waals surface area (Å²) in [5, 5.41) is 0. The Morgan fingerprint density at radius 2 is 1.80 bits per heavy atom. The predicted octanol–water partition coefficient (Wildman–Crippen LogP) is 3.69. The Labute approximate surface area is 98.8 Å². The molecule has 0 spiro atoms. The average Bonchev–Trinajstić information content (AvgIpc) is 2.01. The molecule has 0 aliphatic rings. The van der Waals surface area contributed by atoms with E-state index < -0.39 is 0 Å². The second kappa shape index (κ2) is 5.94. The van der Waals surface area contributed by atoms with Gasteiger partial charge in [-0.3, -0.25) is 0 Å². The molecule has 1 rings (SSSR count). The molecule has 84 valence electrons. The van der Waals surface area contributed by atoms with Gasteiger partial charge in [0.1, 0.15) is 0 Å². The second-order valence-electron chi connectivity index (χ2n) is 4.07. The quantitative estimate of drug-likeness (QED) is 0.781. The third-order valence-corrected chi connectivity index (χ3v) is 2.48. The number of hydrogen-bond donors (Lipinski definition) is 1. The normalized spacial score (nSPS) is 11.7. The van der Waals surface area contributed by atoms with Crippen molar-refractivity contribution in [3.63, 3.8) is 0 Å². The van der Waals surface area contributed by atoms with E-state index in [2.05, 4.69) is 38.6 Å². The molecule has 15 heavy (non-hydrogen) atoms. The molecule has 1 aromatic rings. The molecule has 2 heteroatoms. The third-order valence-electron chi connectivity index (χ3n) is 2.48. The van der Waals surface area contributed by atoms with Crippen LogP contribution in [0.1, 0.15) is 36.1 Å². The lowest BCUT2D eigenvalue weighted by atomic mass is 9.93. The maximum atomic E-state index is 6.14. The highest BCUT2D eigenvalue weighted by molar-refractivity contribution is 5.85. The zero-order valence-electron chi connectivity index (χ0n) is 9.71. The molecule has 0 unspecified atom stereocenters. The van der Waals surface area contributed by atoms with Gasteiger partial charge in [0.25, 0.3) is 0 Å². The summed E-state index contributed by atoms with van der Waals surface area (Å²) in [6.45, 7) is 10.1. The monoisotopic (exact) mass is 225 g/mol. The van der Waals surface area contributed by atoms with Gasteiger partial charge in [0.2, 0.25) is 0 Å². The van der Waals surface area contributed by atoms with Gasteiger partial charge in [0.15, 0.2) is 0 Å². The summed E-state index contributed by atoms with van der Waals surface area (Å²) in [4.78, 5) is 0. The molecule has 0 aliphatic carbocycles. The van der Waals surface area contributed by atoms with Gasteiger partial charge in [-0.1, -0.05) is 23.8 Å². The van der Waals surface area contributed by atoms with Crippen molar-refractivity contribution < 1.29 is 0 Å². The number of halogens is 1. The lowest BCUT2D eigenvalue weighted by Crippen LogP contribution is -2.13. The predicted molar refractivity (Wildman–Crippen MR) is 69.5 cm³/mol. The molecule has 0 fully saturated rings. The first-order valence-electron chi connectivity index (χ1n) is 4.98. The van der Waals surface area contributed by atoms with Crippen LogP contribution in [0.15, 0.2) is 30.4 Å². The Balaban J connectivity index is 0.00000196. The van der Waals surface area contributed by atoms with Crippen LogP contribution in [0.3, 0.4) is 0 Å². The van der Waals surface area contributed by atoms with Crippen LogP contribution in [0.2, 0.25) is 0 Å². The van der Waals surface area contributed by atoms with Crippen LogP contribution >= 0.6 is 12.4 Å². The van der Waals surface area contributed by atoms with E-state index in [4.69, 9.17) is 5.73 Å². The fraction of sp³-hybridized carbons (Fsp3) is 0.385. The summed E-state index contributed by atoms with van der Waals surface area (Å²) in [6, 6.07) is 6.39. The first-order chi connectivity index (χ1) is 6.52. The van der Waals surface area contributed by atoms with Gasteiger partial charge in [-0.15, -0.1) is 19.0 Å². The zero-order valence-corrected chi connectivity index (χ0v) is 10.5. The van der Waals surface area contributed by atoms with Gasteiger partial charge >= 0.3 is 0 Å². The molecule has 0 bridgehead atoms. The Morgan fingerprint density at radius 1 is 1.33 bits per heavy atom. The highest BCUT2D eigenvalue weighted by Crippen LogP contribution is 2.24. The Morgan fingerprint density at radius 3 is 2.20 bits per heavy atom. The Hall–Kier alpha value is -0.790. The Kier molecular flexibility index (Phi) is 5.63. The minimum Gasteiger partial charge on any atom is -0.324 e. The van der Waals surface area contributed by atoms with E-state index in [1.165, 1.54) is 16.7 Å². The zero-order chi connectivity index (χ0) is 10.7. The average molecular weight is 226 g/mol. The fourth-order valence-corrected chi connectivity index (χ4v) is 1.89. The minimum absolute atomic E-state index is 0. The minimum atomic E-state index is 0. The molecular formula is C13H20ClN. The maximum Gasteiger partial charge on any atom is 0.0337 e. The summed E-state index contributed by atoms with van der Waals surface area (Å²) in [5.41, 5.74) is 11.1. The summed E-state index contributed by atoms with van der Waals surface area (Å²) in [6.07, 6.45) is 0.867. The molecule has 1 aromatic carbocycles. The van der Waals surface area contributed by atoms with Gasteiger partial charge in [-0.2, -0.15) is 0 Å². The van der Waals surface area contributed by atoms with Crippen molar-refractivity contribution in [3.05, 3.63) is 47.0 Å². The molecule has 0 aromatic heterocycles. The van der Waals surface area contributed by atoms with Crippen LogP contribution in [0.5, 0.6) is 0 Å². The van der Waals surface area contributed by atoms with Crippen LogP contribution in [0, 0.1) is 13.8 Å². The molecule has 1 atom stereocenters. The first-order valence-corrected chi connectivity index (χ1v) is 4.98. The van der Waals surface area contributed by atoms with E-state index in [0.29, 0.717) is 0 Å². The van der Waals surface area contributed by atoms with E-state index in [0.717, 1.165) is 12.0 Å². The van der Waals surface area contributed by atoms with Gasteiger partial charge in [0.05, 0.1) is 0 Å². The molecule has 0 radical (unpaired) electrons. The Bertz CT molecular complexity index is 324. The summed E-state index contributed by atoms with van der Waals surface area (Å²) >= 11 is 0. The number of rotatable bonds is 3. The third kappa shape index (κ3) is 3.69. The van der Waals surface area contributed by atoms with E-state index >= 15 is 0 Å². The van der Waals surface area contributed by atoms with Crippen molar-refractivity contribution in [1.29, 1.82) is 0 Å². The molecule has 2 N–H and O–H groups in total. The molecule has 0 saturated carbocycles. The van der Waals surface area contributed by atoms with E-state index in [1.807, 2.05) is 6.92 Å². The van der Waals surface area contributed by atoms with E-state index in [-0.39, 0.29) is 18.4 Å². The number of nitrogens with two attached hydrogens (primary N) is 1. The lowest BCUT2D eigenvalue weighted by molar-refractivity contribution is 0.707. The highest BCUT2D eigenvalue weighted by Gasteiger charge is 2.10. The summed E-state index contributed by atoms with van der Waals surface area (Å²) in [7, 11) is 0. The molecule has 1 nitrogen and oxygen atoms in total. The largest absolute Gasteiger partial charge is 0.324 e. The molecular weight excluding hydrogens is 206 g/mol. The van der Waals surface area contributed by atoms with Crippen LogP contribution < -0.4 is 5.73 Å². The van der Waals surface area contributed by atoms with Crippen molar-refractivity contribution >= 4 is 12.4 Å².